The number of carbonyl (C=O) groups is 1. The number of benzene rings is 1. The Balaban J connectivity index is 0.000000281. The maximum Gasteiger partial charge on any atom is 0.300 e. The minimum Gasteiger partial charge on any atom is -0.481 e. The highest BCUT2D eigenvalue weighted by Gasteiger charge is 1.94. The Morgan fingerprint density at radius 3 is 1.26 bits per heavy atom. The summed E-state index contributed by atoms with van der Waals surface area (Å²) in [7, 11) is 0. The van der Waals surface area contributed by atoms with Crippen LogP contribution >= 0.6 is 0 Å². The number of hydrogen-bond donors (Lipinski definition) is 1. The lowest BCUT2D eigenvalue weighted by Crippen LogP contribution is -2.16. The third-order valence-electron chi connectivity index (χ3n) is 2.11. The van der Waals surface area contributed by atoms with Crippen molar-refractivity contribution in [2.75, 3.05) is 26.4 Å². The minimum absolute atomic E-state index is 0.778. The van der Waals surface area contributed by atoms with Crippen molar-refractivity contribution in [1.29, 1.82) is 0 Å². The van der Waals surface area contributed by atoms with Crippen molar-refractivity contribution in [2.24, 2.45) is 0 Å². The van der Waals surface area contributed by atoms with Gasteiger partial charge >= 0.3 is 0 Å². The van der Waals surface area contributed by atoms with Crippen LogP contribution in [0.5, 0.6) is 0 Å². The van der Waals surface area contributed by atoms with E-state index in [2.05, 4.69) is 39.0 Å². The van der Waals surface area contributed by atoms with Crippen molar-refractivity contribution >= 4 is 5.97 Å². The van der Waals surface area contributed by atoms with Gasteiger partial charge in [-0.1, -0.05) is 34.9 Å². The summed E-state index contributed by atoms with van der Waals surface area (Å²) in [6.07, 6.45) is 0. The molecule has 2 rings (SSSR count). The minimum atomic E-state index is -0.833. The lowest BCUT2D eigenvalue weighted by Gasteiger charge is -2.09. The van der Waals surface area contributed by atoms with Crippen LogP contribution in [0.25, 0.3) is 0 Å². The number of carboxylic acid groups (broad SMARTS) is 1. The van der Waals surface area contributed by atoms with Crippen molar-refractivity contribution < 1.29 is 19.4 Å². The average Bonchev–Trinajstić information content (AvgIpc) is 2.29. The highest BCUT2D eigenvalue weighted by atomic mass is 16.6. The van der Waals surface area contributed by atoms with Gasteiger partial charge in [-0.25, -0.2) is 0 Å². The fraction of sp³-hybridized carbons (Fsp3) is 0.533. The summed E-state index contributed by atoms with van der Waals surface area (Å²) in [4.78, 5) is 9.00. The fourth-order valence-corrected chi connectivity index (χ4v) is 1.64. The predicted octanol–water partition coefficient (Wildman–Crippen LogP) is 2.74. The second-order valence-corrected chi connectivity index (χ2v) is 4.41. The van der Waals surface area contributed by atoms with Crippen molar-refractivity contribution in [3.8, 4) is 0 Å². The zero-order chi connectivity index (χ0) is 14.7. The monoisotopic (exact) mass is 268 g/mol. The molecule has 0 bridgehead atoms. The Morgan fingerprint density at radius 1 is 0.895 bits per heavy atom. The Kier molecular flexibility index (Phi) is 9.75. The Hall–Kier alpha value is -1.39. The average molecular weight is 268 g/mol. The molecule has 19 heavy (non-hydrogen) atoms. The molecular weight excluding hydrogens is 244 g/mol. The number of carboxylic acids is 1. The maximum atomic E-state index is 9.00. The van der Waals surface area contributed by atoms with E-state index in [-0.39, 0.29) is 0 Å². The highest BCUT2D eigenvalue weighted by Crippen LogP contribution is 2.06. The van der Waals surface area contributed by atoms with E-state index in [0.29, 0.717) is 0 Å². The largest absolute Gasteiger partial charge is 0.481 e. The van der Waals surface area contributed by atoms with E-state index < -0.39 is 5.97 Å². The molecule has 0 aliphatic carbocycles. The number of ether oxygens (including phenoxy) is 2. The molecule has 4 heteroatoms. The smallest absolute Gasteiger partial charge is 0.300 e. The second-order valence-electron chi connectivity index (χ2n) is 4.41. The van der Waals surface area contributed by atoms with E-state index in [0.717, 1.165) is 33.4 Å². The van der Waals surface area contributed by atoms with Gasteiger partial charge < -0.3 is 14.6 Å². The standard InChI is InChI=1S/C9H12.C4H8O2.C2H4O2/c1-7-4-8(2)6-9(3)5-7;1-2-6-4-3-5-1;1-2(3)4/h4-6H,1-3H3;1-4H2;1H3,(H,3,4). The first-order valence-corrected chi connectivity index (χ1v) is 6.31. The molecule has 1 fully saturated rings. The first-order valence-electron chi connectivity index (χ1n) is 6.31. The SMILES string of the molecule is C1COCCO1.CC(=O)O.Cc1cc(C)cc(C)c1. The summed E-state index contributed by atoms with van der Waals surface area (Å²) in [6.45, 7) is 10.6. The number of rotatable bonds is 0. The van der Waals surface area contributed by atoms with Crippen LogP contribution in [-0.2, 0) is 14.3 Å². The molecule has 108 valence electrons. The molecule has 1 aliphatic heterocycles. The molecule has 1 heterocycles. The molecule has 0 aromatic heterocycles. The van der Waals surface area contributed by atoms with Crippen molar-refractivity contribution in [2.45, 2.75) is 27.7 Å². The summed E-state index contributed by atoms with van der Waals surface area (Å²) in [5.74, 6) is -0.833. The van der Waals surface area contributed by atoms with Crippen molar-refractivity contribution in [1.82, 2.24) is 0 Å². The molecule has 4 nitrogen and oxygen atoms in total. The van der Waals surface area contributed by atoms with Gasteiger partial charge in [0.15, 0.2) is 0 Å². The third-order valence-corrected chi connectivity index (χ3v) is 2.11. The van der Waals surface area contributed by atoms with Gasteiger partial charge in [0.05, 0.1) is 26.4 Å². The normalized spacial score (nSPS) is 13.5. The molecule has 0 spiro atoms. The van der Waals surface area contributed by atoms with E-state index >= 15 is 0 Å². The molecule has 0 atom stereocenters. The van der Waals surface area contributed by atoms with Gasteiger partial charge in [0.1, 0.15) is 0 Å². The summed E-state index contributed by atoms with van der Waals surface area (Å²) >= 11 is 0. The van der Waals surface area contributed by atoms with E-state index in [1.807, 2.05) is 0 Å². The summed E-state index contributed by atoms with van der Waals surface area (Å²) in [5.41, 5.74) is 4.06. The van der Waals surface area contributed by atoms with Crippen LogP contribution in [0, 0.1) is 20.8 Å². The highest BCUT2D eigenvalue weighted by molar-refractivity contribution is 5.62. The van der Waals surface area contributed by atoms with Crippen LogP contribution in [0.4, 0.5) is 0 Å². The molecule has 1 N–H and O–H groups in total. The molecule has 1 aliphatic rings. The van der Waals surface area contributed by atoms with Crippen LogP contribution in [0.15, 0.2) is 18.2 Å². The van der Waals surface area contributed by atoms with Gasteiger partial charge in [-0.05, 0) is 20.8 Å². The van der Waals surface area contributed by atoms with E-state index in [1.165, 1.54) is 16.7 Å². The molecule has 0 radical (unpaired) electrons. The molecule has 1 aromatic rings. The van der Waals surface area contributed by atoms with Gasteiger partial charge in [0.2, 0.25) is 0 Å². The Morgan fingerprint density at radius 2 is 1.11 bits per heavy atom. The predicted molar refractivity (Wildman–Crippen MR) is 75.6 cm³/mol. The van der Waals surface area contributed by atoms with Gasteiger partial charge in [0.25, 0.3) is 5.97 Å². The first kappa shape index (κ1) is 17.6. The van der Waals surface area contributed by atoms with Gasteiger partial charge in [0, 0.05) is 6.92 Å². The quantitative estimate of drug-likeness (QED) is 0.786. The molecule has 0 amide bonds. The van der Waals surface area contributed by atoms with Crippen LogP contribution in [0.2, 0.25) is 0 Å². The van der Waals surface area contributed by atoms with Crippen LogP contribution in [0.1, 0.15) is 23.6 Å². The number of aliphatic carboxylic acids is 1. The van der Waals surface area contributed by atoms with Gasteiger partial charge in [-0.15, -0.1) is 0 Å². The van der Waals surface area contributed by atoms with Crippen molar-refractivity contribution in [3.05, 3.63) is 34.9 Å². The van der Waals surface area contributed by atoms with Gasteiger partial charge in [-0.2, -0.15) is 0 Å². The van der Waals surface area contributed by atoms with Crippen LogP contribution < -0.4 is 0 Å². The Labute approximate surface area is 115 Å². The van der Waals surface area contributed by atoms with E-state index in [1.54, 1.807) is 0 Å². The van der Waals surface area contributed by atoms with E-state index in [4.69, 9.17) is 19.4 Å². The molecular formula is C15H24O4. The van der Waals surface area contributed by atoms with E-state index in [9.17, 15) is 0 Å². The fourth-order valence-electron chi connectivity index (χ4n) is 1.64. The zero-order valence-electron chi connectivity index (χ0n) is 12.2. The molecule has 0 unspecified atom stereocenters. The molecule has 1 saturated heterocycles. The van der Waals surface area contributed by atoms with Crippen LogP contribution in [-0.4, -0.2) is 37.5 Å². The topological polar surface area (TPSA) is 55.8 Å². The summed E-state index contributed by atoms with van der Waals surface area (Å²) in [6, 6.07) is 6.56. The number of hydrogen-bond acceptors (Lipinski definition) is 3. The summed E-state index contributed by atoms with van der Waals surface area (Å²) < 4.78 is 9.89. The Bertz CT molecular complexity index is 304. The molecule has 0 saturated carbocycles. The lowest BCUT2D eigenvalue weighted by molar-refractivity contribution is -0.134. The second kappa shape index (κ2) is 10.5. The van der Waals surface area contributed by atoms with Crippen LogP contribution in [0.3, 0.4) is 0 Å². The number of aryl methyl sites for hydroxylation is 3. The summed E-state index contributed by atoms with van der Waals surface area (Å²) in [5, 5.41) is 7.42. The van der Waals surface area contributed by atoms with Gasteiger partial charge in [-0.3, -0.25) is 4.79 Å². The zero-order valence-corrected chi connectivity index (χ0v) is 12.2. The first-order chi connectivity index (χ1) is 8.91. The van der Waals surface area contributed by atoms with Crippen molar-refractivity contribution in [3.63, 3.8) is 0 Å². The lowest BCUT2D eigenvalue weighted by atomic mass is 10.1. The maximum absolute atomic E-state index is 9.00. The molecule has 1 aromatic carbocycles. The third kappa shape index (κ3) is 12.9.